The highest BCUT2D eigenvalue weighted by atomic mass is 32.3. The zero-order valence-corrected chi connectivity index (χ0v) is 38.3. The molecular formula is C47H86O12S. The zero-order chi connectivity index (χ0) is 43.9. The largest absolute Gasteiger partial charge is 0.457 e. The van der Waals surface area contributed by atoms with Crippen LogP contribution in [0.2, 0.25) is 0 Å². The zero-order valence-electron chi connectivity index (χ0n) is 37.5. The maximum atomic E-state index is 12.8. The van der Waals surface area contributed by atoms with E-state index in [9.17, 15) is 28.5 Å². The third-order valence-electron chi connectivity index (χ3n) is 10.7. The van der Waals surface area contributed by atoms with Gasteiger partial charge in [0.05, 0.1) is 19.8 Å². The predicted molar refractivity (Wildman–Crippen MR) is 239 cm³/mol. The van der Waals surface area contributed by atoms with Gasteiger partial charge in [-0.05, 0) is 64.2 Å². The maximum absolute atomic E-state index is 12.8. The lowest BCUT2D eigenvalue weighted by molar-refractivity contribution is -0.301. The number of rotatable bonds is 41. The van der Waals surface area contributed by atoms with Crippen LogP contribution in [-0.4, -0.2) is 97.5 Å². The first-order valence-corrected chi connectivity index (χ1v) is 25.1. The quantitative estimate of drug-likeness (QED) is 0.0198. The summed E-state index contributed by atoms with van der Waals surface area (Å²) in [6.45, 7) is 3.92. The number of hydrogen-bond donors (Lipinski definition) is 4. The number of aliphatic hydroxyl groups is 3. The van der Waals surface area contributed by atoms with Gasteiger partial charge in [-0.1, -0.05) is 159 Å². The smallest absolute Gasteiger partial charge is 0.397 e. The summed E-state index contributed by atoms with van der Waals surface area (Å²) in [6.07, 6.45) is 36.1. The summed E-state index contributed by atoms with van der Waals surface area (Å²) in [4.78, 5) is 12.8. The lowest BCUT2D eigenvalue weighted by atomic mass is 9.99. The highest BCUT2D eigenvalue weighted by Crippen LogP contribution is 2.26. The van der Waals surface area contributed by atoms with Crippen molar-refractivity contribution in [1.29, 1.82) is 0 Å². The number of carbonyl (C=O) groups is 1. The van der Waals surface area contributed by atoms with Gasteiger partial charge in [0, 0.05) is 13.0 Å². The Balaban J connectivity index is 2.35. The van der Waals surface area contributed by atoms with E-state index < -0.39 is 59.8 Å². The first kappa shape index (κ1) is 56.3. The molecular weight excluding hydrogens is 789 g/mol. The highest BCUT2D eigenvalue weighted by molar-refractivity contribution is 7.80. The number of unbranched alkanes of at least 4 members (excludes halogenated alkanes) is 22. The van der Waals surface area contributed by atoms with Crippen molar-refractivity contribution in [2.45, 2.75) is 230 Å². The van der Waals surface area contributed by atoms with E-state index in [0.717, 1.165) is 64.2 Å². The number of allylic oxidation sites excluding steroid dienone is 6. The van der Waals surface area contributed by atoms with Gasteiger partial charge < -0.3 is 34.3 Å². The van der Waals surface area contributed by atoms with Crippen LogP contribution in [0.3, 0.4) is 0 Å². The number of carbonyl (C=O) groups excluding carboxylic acids is 1. The van der Waals surface area contributed by atoms with Gasteiger partial charge in [-0.15, -0.1) is 0 Å². The van der Waals surface area contributed by atoms with E-state index in [2.05, 4.69) is 54.5 Å². The van der Waals surface area contributed by atoms with Crippen LogP contribution in [-0.2, 0) is 38.3 Å². The first-order chi connectivity index (χ1) is 29.1. The van der Waals surface area contributed by atoms with Crippen LogP contribution in [0.25, 0.3) is 0 Å². The van der Waals surface area contributed by atoms with Crippen molar-refractivity contribution < 1.29 is 56.2 Å². The van der Waals surface area contributed by atoms with E-state index >= 15 is 0 Å². The van der Waals surface area contributed by atoms with E-state index in [4.69, 9.17) is 23.5 Å². The monoisotopic (exact) mass is 875 g/mol. The molecule has 0 spiro atoms. The molecule has 352 valence electrons. The molecule has 0 aliphatic carbocycles. The summed E-state index contributed by atoms with van der Waals surface area (Å²) in [5.74, 6) is -0.411. The third-order valence-corrected chi connectivity index (χ3v) is 11.2. The fourth-order valence-electron chi connectivity index (χ4n) is 7.10. The Morgan fingerprint density at radius 1 is 0.633 bits per heavy atom. The first-order valence-electron chi connectivity index (χ1n) is 23.7. The molecule has 0 radical (unpaired) electrons. The standard InChI is InChI=1S/C47H86O12S/c1-3-5-7-9-11-13-15-16-17-18-19-20-21-22-23-24-25-27-29-31-33-35-37-55-39-41(57-43(49)36-34-32-30-28-26-14-12-10-8-6-4-2)40-56-47-45(51)46(59-60(52,53)54)44(50)42(38-48)58-47/h10,12,15-16,18-19,41-42,44-48,50-51H,3-9,11,13-14,17,20-40H2,1-2H3,(H,52,53,54)/b12-10-,16-15-,19-18-. The number of esters is 1. The Bertz CT molecular complexity index is 1190. The highest BCUT2D eigenvalue weighted by Gasteiger charge is 2.48. The molecule has 1 aliphatic heterocycles. The molecule has 1 fully saturated rings. The average molecular weight is 875 g/mol. The van der Waals surface area contributed by atoms with Crippen molar-refractivity contribution in [3.8, 4) is 0 Å². The van der Waals surface area contributed by atoms with Gasteiger partial charge in [0.15, 0.2) is 6.29 Å². The van der Waals surface area contributed by atoms with Crippen LogP contribution < -0.4 is 0 Å². The van der Waals surface area contributed by atoms with Crippen LogP contribution in [0.5, 0.6) is 0 Å². The van der Waals surface area contributed by atoms with Gasteiger partial charge in [-0.2, -0.15) is 8.42 Å². The van der Waals surface area contributed by atoms with Crippen LogP contribution in [0, 0.1) is 0 Å². The third kappa shape index (κ3) is 32.1. The summed E-state index contributed by atoms with van der Waals surface area (Å²) in [5.41, 5.74) is 0. The second kappa shape index (κ2) is 39.0. The van der Waals surface area contributed by atoms with E-state index in [1.54, 1.807) is 0 Å². The minimum absolute atomic E-state index is 0.0312. The molecule has 1 heterocycles. The Labute approximate surface area is 364 Å². The second-order valence-electron chi connectivity index (χ2n) is 16.3. The van der Waals surface area contributed by atoms with E-state index in [1.807, 2.05) is 0 Å². The Hall–Kier alpha value is -1.68. The molecule has 0 aromatic heterocycles. The molecule has 1 aliphatic rings. The van der Waals surface area contributed by atoms with Gasteiger partial charge in [-0.25, -0.2) is 4.18 Å². The minimum Gasteiger partial charge on any atom is -0.457 e. The van der Waals surface area contributed by atoms with Gasteiger partial charge in [-0.3, -0.25) is 9.35 Å². The summed E-state index contributed by atoms with van der Waals surface area (Å²) in [5, 5.41) is 30.6. The molecule has 6 atom stereocenters. The normalized spacial score (nSPS) is 20.5. The van der Waals surface area contributed by atoms with Gasteiger partial charge in [0.25, 0.3) is 0 Å². The van der Waals surface area contributed by atoms with Crippen molar-refractivity contribution in [1.82, 2.24) is 0 Å². The molecule has 13 heteroatoms. The molecule has 12 nitrogen and oxygen atoms in total. The molecule has 0 amide bonds. The van der Waals surface area contributed by atoms with Crippen LogP contribution in [0.1, 0.15) is 194 Å². The molecule has 0 saturated carbocycles. The van der Waals surface area contributed by atoms with Crippen molar-refractivity contribution in [3.63, 3.8) is 0 Å². The fraction of sp³-hybridized carbons (Fsp3) is 0.851. The van der Waals surface area contributed by atoms with E-state index in [1.165, 1.54) is 103 Å². The van der Waals surface area contributed by atoms with Crippen LogP contribution >= 0.6 is 0 Å². The molecule has 4 N–H and O–H groups in total. The van der Waals surface area contributed by atoms with E-state index in [-0.39, 0.29) is 19.6 Å². The summed E-state index contributed by atoms with van der Waals surface area (Å²) in [6, 6.07) is 0. The molecule has 0 aromatic carbocycles. The SMILES string of the molecule is CCCC/C=C\CCCCCCCC(=O)OC(COCCCCCCCCCCCC/C=C\C/C=C\CCCCCCC)COC1OC(CO)C(O)C(OS(=O)(=O)O)C1O. The van der Waals surface area contributed by atoms with Crippen molar-refractivity contribution in [3.05, 3.63) is 36.5 Å². The van der Waals surface area contributed by atoms with Crippen LogP contribution in [0.4, 0.5) is 0 Å². The lowest BCUT2D eigenvalue weighted by Crippen LogP contribution is -2.60. The van der Waals surface area contributed by atoms with E-state index in [0.29, 0.717) is 13.0 Å². The molecule has 1 saturated heterocycles. The summed E-state index contributed by atoms with van der Waals surface area (Å²) < 4.78 is 59.0. The minimum atomic E-state index is -5.06. The summed E-state index contributed by atoms with van der Waals surface area (Å²) >= 11 is 0. The van der Waals surface area contributed by atoms with Crippen molar-refractivity contribution in [2.24, 2.45) is 0 Å². The van der Waals surface area contributed by atoms with Gasteiger partial charge in [0.2, 0.25) is 0 Å². The van der Waals surface area contributed by atoms with Gasteiger partial charge >= 0.3 is 16.4 Å². The second-order valence-corrected chi connectivity index (χ2v) is 17.4. The topological polar surface area (TPSA) is 178 Å². The number of ether oxygens (including phenoxy) is 4. The molecule has 6 unspecified atom stereocenters. The van der Waals surface area contributed by atoms with Gasteiger partial charge in [0.1, 0.15) is 30.5 Å². The Morgan fingerprint density at radius 3 is 1.65 bits per heavy atom. The van der Waals surface area contributed by atoms with Crippen molar-refractivity contribution >= 4 is 16.4 Å². The number of aliphatic hydroxyl groups excluding tert-OH is 3. The maximum Gasteiger partial charge on any atom is 0.397 e. The fourth-order valence-corrected chi connectivity index (χ4v) is 7.60. The molecule has 60 heavy (non-hydrogen) atoms. The van der Waals surface area contributed by atoms with Crippen molar-refractivity contribution in [2.75, 3.05) is 26.4 Å². The van der Waals surface area contributed by atoms with Crippen LogP contribution in [0.15, 0.2) is 36.5 Å². The Morgan fingerprint density at radius 2 is 1.12 bits per heavy atom. The average Bonchev–Trinajstić information content (AvgIpc) is 3.22. The Kier molecular flexibility index (Phi) is 36.6. The predicted octanol–water partition coefficient (Wildman–Crippen LogP) is 10.2. The number of hydrogen-bond acceptors (Lipinski definition) is 11. The lowest BCUT2D eigenvalue weighted by Gasteiger charge is -2.41. The molecule has 1 rings (SSSR count). The summed E-state index contributed by atoms with van der Waals surface area (Å²) in [7, 11) is -5.06. The molecule has 0 aromatic rings. The molecule has 0 bridgehead atoms.